The van der Waals surface area contributed by atoms with E-state index in [0.717, 1.165) is 5.56 Å². The third-order valence-electron chi connectivity index (χ3n) is 5.72. The molecule has 1 aliphatic rings. The average molecular weight is 480 g/mol. The second kappa shape index (κ2) is 13.2. The second-order valence-corrected chi connectivity index (χ2v) is 8.76. The summed E-state index contributed by atoms with van der Waals surface area (Å²) in [5.74, 6) is -4.71. The van der Waals surface area contributed by atoms with Gasteiger partial charge in [0, 0.05) is 6.08 Å². The molecule has 1 fully saturated rings. The van der Waals surface area contributed by atoms with Crippen LogP contribution in [0.4, 0.5) is 0 Å². The molecule has 3 N–H and O–H groups in total. The van der Waals surface area contributed by atoms with Gasteiger partial charge in [-0.15, -0.1) is 0 Å². The minimum absolute atomic E-state index is 0.111. The number of benzene rings is 1. The Morgan fingerprint density at radius 1 is 0.971 bits per heavy atom. The maximum absolute atomic E-state index is 13.1. The molecule has 0 saturated carbocycles. The standard InChI is InChI=1S/C27H33N3O5/c1-5-6-7-8-12-15-21(31)28-20(19-13-10-9-11-14-19)16-22(32)29-24(17(2)3)25(33)23-18(4)26(34)30-27(23)35/h5-15,17-18,20,23-24H,16H2,1-4H3,(H,28,31)(H,29,32)(H,30,34,35)/b6-5+,8-7+,15-12+/t18-,20+,23+,24+/m1/s1. The van der Waals surface area contributed by atoms with Crippen molar-refractivity contribution in [3.05, 3.63) is 72.4 Å². The number of amides is 4. The maximum Gasteiger partial charge on any atom is 0.244 e. The highest BCUT2D eigenvalue weighted by molar-refractivity contribution is 6.16. The fourth-order valence-electron chi connectivity index (χ4n) is 3.78. The molecule has 0 aliphatic carbocycles. The molecule has 8 heteroatoms. The summed E-state index contributed by atoms with van der Waals surface area (Å²) in [6.45, 7) is 6.91. The quantitative estimate of drug-likeness (QED) is 0.195. The molecule has 186 valence electrons. The molecule has 1 aromatic rings. The molecule has 1 heterocycles. The Hall–Kier alpha value is -3.81. The predicted octanol–water partition coefficient (Wildman–Crippen LogP) is 2.54. The molecule has 0 spiro atoms. The highest BCUT2D eigenvalue weighted by Crippen LogP contribution is 2.24. The Balaban J connectivity index is 2.14. The monoisotopic (exact) mass is 479 g/mol. The minimum Gasteiger partial charge on any atom is -0.346 e. The van der Waals surface area contributed by atoms with Crippen molar-refractivity contribution in [3.63, 3.8) is 0 Å². The van der Waals surface area contributed by atoms with Gasteiger partial charge in [0.25, 0.3) is 0 Å². The van der Waals surface area contributed by atoms with Gasteiger partial charge in [0.2, 0.25) is 23.6 Å². The highest BCUT2D eigenvalue weighted by Gasteiger charge is 2.46. The van der Waals surface area contributed by atoms with Crippen molar-refractivity contribution >= 4 is 29.4 Å². The summed E-state index contributed by atoms with van der Waals surface area (Å²) < 4.78 is 0. The van der Waals surface area contributed by atoms with Gasteiger partial charge in [-0.1, -0.05) is 81.5 Å². The number of ketones is 1. The van der Waals surface area contributed by atoms with Crippen LogP contribution in [0.2, 0.25) is 0 Å². The number of rotatable bonds is 11. The van der Waals surface area contributed by atoms with E-state index in [1.807, 2.05) is 25.1 Å². The number of hydrogen-bond donors (Lipinski definition) is 3. The van der Waals surface area contributed by atoms with Gasteiger partial charge in [0.1, 0.15) is 5.92 Å². The Morgan fingerprint density at radius 3 is 2.20 bits per heavy atom. The van der Waals surface area contributed by atoms with E-state index < -0.39 is 47.4 Å². The Morgan fingerprint density at radius 2 is 1.63 bits per heavy atom. The molecule has 0 aromatic heterocycles. The number of Topliss-reactive ketones (excluding diaryl/α,β-unsaturated/α-hetero) is 1. The summed E-state index contributed by atoms with van der Waals surface area (Å²) in [6.07, 6.45) is 10.0. The third-order valence-corrected chi connectivity index (χ3v) is 5.72. The first-order valence-electron chi connectivity index (χ1n) is 11.6. The van der Waals surface area contributed by atoms with Crippen molar-refractivity contribution in [1.82, 2.24) is 16.0 Å². The Bertz CT molecular complexity index is 1030. The van der Waals surface area contributed by atoms with Crippen LogP contribution in [0.5, 0.6) is 0 Å². The van der Waals surface area contributed by atoms with E-state index in [9.17, 15) is 24.0 Å². The fourth-order valence-corrected chi connectivity index (χ4v) is 3.78. The summed E-state index contributed by atoms with van der Waals surface area (Å²) in [7, 11) is 0. The van der Waals surface area contributed by atoms with Crippen LogP contribution in [-0.2, 0) is 24.0 Å². The van der Waals surface area contributed by atoms with Crippen LogP contribution >= 0.6 is 0 Å². The Labute approximate surface area is 205 Å². The van der Waals surface area contributed by atoms with Gasteiger partial charge >= 0.3 is 0 Å². The van der Waals surface area contributed by atoms with E-state index in [1.165, 1.54) is 13.0 Å². The van der Waals surface area contributed by atoms with Gasteiger partial charge in [-0.2, -0.15) is 0 Å². The topological polar surface area (TPSA) is 121 Å². The van der Waals surface area contributed by atoms with Crippen LogP contribution in [0.15, 0.2) is 66.8 Å². The average Bonchev–Trinajstić information content (AvgIpc) is 3.07. The lowest BCUT2D eigenvalue weighted by atomic mass is 9.85. The molecule has 4 amide bonds. The minimum atomic E-state index is -1.14. The maximum atomic E-state index is 13.1. The van der Waals surface area contributed by atoms with E-state index in [4.69, 9.17) is 0 Å². The first kappa shape index (κ1) is 27.4. The van der Waals surface area contributed by atoms with Crippen molar-refractivity contribution in [1.29, 1.82) is 0 Å². The predicted molar refractivity (Wildman–Crippen MR) is 133 cm³/mol. The second-order valence-electron chi connectivity index (χ2n) is 8.76. The van der Waals surface area contributed by atoms with E-state index in [1.54, 1.807) is 56.3 Å². The van der Waals surface area contributed by atoms with Crippen molar-refractivity contribution in [2.45, 2.75) is 46.2 Å². The summed E-state index contributed by atoms with van der Waals surface area (Å²) >= 11 is 0. The van der Waals surface area contributed by atoms with Crippen LogP contribution in [-0.4, -0.2) is 35.5 Å². The van der Waals surface area contributed by atoms with Crippen LogP contribution < -0.4 is 16.0 Å². The lowest BCUT2D eigenvalue weighted by Crippen LogP contribution is -2.49. The summed E-state index contributed by atoms with van der Waals surface area (Å²) in [5.41, 5.74) is 0.732. The van der Waals surface area contributed by atoms with Crippen molar-refractivity contribution in [2.75, 3.05) is 0 Å². The van der Waals surface area contributed by atoms with Gasteiger partial charge in [0.05, 0.1) is 24.4 Å². The largest absolute Gasteiger partial charge is 0.346 e. The molecule has 1 aromatic carbocycles. The molecular weight excluding hydrogens is 446 g/mol. The first-order chi connectivity index (χ1) is 16.6. The number of allylic oxidation sites excluding steroid dienone is 5. The molecular formula is C27H33N3O5. The third kappa shape index (κ3) is 7.88. The molecule has 0 radical (unpaired) electrons. The Kier molecular flexibility index (Phi) is 10.3. The summed E-state index contributed by atoms with van der Waals surface area (Å²) in [5, 5.41) is 7.72. The molecule has 1 aliphatic heterocycles. The first-order valence-corrected chi connectivity index (χ1v) is 11.6. The van der Waals surface area contributed by atoms with Gasteiger partial charge < -0.3 is 10.6 Å². The van der Waals surface area contributed by atoms with E-state index in [-0.39, 0.29) is 18.2 Å². The van der Waals surface area contributed by atoms with Crippen molar-refractivity contribution in [3.8, 4) is 0 Å². The SMILES string of the molecule is C/C=C/C=C/C=C/C(=O)N[C@@H](CC(=O)N[C@H](C(=O)[C@H]1C(=O)NC(=O)[C@@H]1C)C(C)C)c1ccccc1. The lowest BCUT2D eigenvalue weighted by molar-refractivity contribution is -0.137. The van der Waals surface area contributed by atoms with E-state index >= 15 is 0 Å². The summed E-state index contributed by atoms with van der Waals surface area (Å²) in [6, 6.07) is 7.46. The zero-order valence-corrected chi connectivity index (χ0v) is 20.5. The van der Waals surface area contributed by atoms with Crippen LogP contribution in [0.25, 0.3) is 0 Å². The number of carbonyl (C=O) groups is 5. The molecule has 1 saturated heterocycles. The van der Waals surface area contributed by atoms with E-state index in [0.29, 0.717) is 0 Å². The zero-order valence-electron chi connectivity index (χ0n) is 20.5. The zero-order chi connectivity index (χ0) is 26.0. The van der Waals surface area contributed by atoms with Crippen LogP contribution in [0.1, 0.15) is 45.7 Å². The number of nitrogens with one attached hydrogen (secondary N) is 3. The molecule has 0 bridgehead atoms. The number of imide groups is 1. The van der Waals surface area contributed by atoms with Gasteiger partial charge in [0.15, 0.2) is 5.78 Å². The summed E-state index contributed by atoms with van der Waals surface area (Å²) in [4.78, 5) is 62.5. The van der Waals surface area contributed by atoms with Crippen LogP contribution in [0.3, 0.4) is 0 Å². The van der Waals surface area contributed by atoms with Crippen LogP contribution in [0, 0.1) is 17.8 Å². The number of hydrogen-bond acceptors (Lipinski definition) is 5. The molecule has 2 rings (SSSR count). The fraction of sp³-hybridized carbons (Fsp3) is 0.370. The smallest absolute Gasteiger partial charge is 0.244 e. The van der Waals surface area contributed by atoms with Gasteiger partial charge in [-0.05, 0) is 18.4 Å². The van der Waals surface area contributed by atoms with E-state index in [2.05, 4.69) is 16.0 Å². The normalized spacial score (nSPS) is 19.9. The van der Waals surface area contributed by atoms with Gasteiger partial charge in [-0.25, -0.2) is 0 Å². The molecule has 8 nitrogen and oxygen atoms in total. The van der Waals surface area contributed by atoms with Gasteiger partial charge in [-0.3, -0.25) is 29.3 Å². The van der Waals surface area contributed by atoms with Crippen molar-refractivity contribution < 1.29 is 24.0 Å². The number of carbonyl (C=O) groups excluding carboxylic acids is 5. The molecule has 35 heavy (non-hydrogen) atoms. The lowest BCUT2D eigenvalue weighted by Gasteiger charge is -2.25. The highest BCUT2D eigenvalue weighted by atomic mass is 16.2. The molecule has 0 unspecified atom stereocenters. The van der Waals surface area contributed by atoms with Crippen molar-refractivity contribution in [2.24, 2.45) is 17.8 Å². The molecule has 4 atom stereocenters.